The Hall–Kier alpha value is -1.60. The second-order valence-electron chi connectivity index (χ2n) is 5.48. The van der Waals surface area contributed by atoms with E-state index in [1.54, 1.807) is 7.11 Å². The molecule has 0 atom stereocenters. The lowest BCUT2D eigenvalue weighted by Crippen LogP contribution is -2.31. The Morgan fingerprint density at radius 2 is 2.24 bits per heavy atom. The van der Waals surface area contributed by atoms with Crippen molar-refractivity contribution in [3.8, 4) is 0 Å². The van der Waals surface area contributed by atoms with Gasteiger partial charge in [-0.25, -0.2) is 4.98 Å². The zero-order chi connectivity index (χ0) is 15.5. The average Bonchev–Trinajstić information content (AvgIpc) is 2.84. The van der Waals surface area contributed by atoms with Crippen LogP contribution in [0.2, 0.25) is 5.15 Å². The molecule has 1 aliphatic carbocycles. The molecule has 0 aromatic carbocycles. The predicted octanol–water partition coefficient (Wildman–Crippen LogP) is 2.84. The van der Waals surface area contributed by atoms with Crippen LogP contribution in [0.25, 0.3) is 0 Å². The van der Waals surface area contributed by atoms with Gasteiger partial charge in [0.05, 0.1) is 11.5 Å². The lowest BCUT2D eigenvalue weighted by atomic mass is 9.87. The Kier molecular flexibility index (Phi) is 4.84. The van der Waals surface area contributed by atoms with Gasteiger partial charge in [0.25, 0.3) is 0 Å². The number of ether oxygens (including phenoxy) is 1. The summed E-state index contributed by atoms with van der Waals surface area (Å²) in [6.07, 6.45) is 4.37. The monoisotopic (exact) mass is 314 g/mol. The molecule has 1 heterocycles. The summed E-state index contributed by atoms with van der Waals surface area (Å²) in [6, 6.07) is 1.44. The number of hydrogen-bond acceptors (Lipinski definition) is 6. The highest BCUT2D eigenvalue weighted by Gasteiger charge is 2.34. The molecule has 1 saturated carbocycles. The van der Waals surface area contributed by atoms with Gasteiger partial charge in [-0.3, -0.25) is 10.1 Å². The molecule has 0 amide bonds. The van der Waals surface area contributed by atoms with Crippen LogP contribution < -0.4 is 11.1 Å². The van der Waals surface area contributed by atoms with Crippen LogP contribution in [0.3, 0.4) is 0 Å². The minimum absolute atomic E-state index is 0.00707. The standard InChI is InChI=1S/C13H19ClN4O3/c1-21-8-13(4-2-3-5-13)7-16-9-6-10(14)17-12(15)11(9)18(19)20/h6H,2-5,7-8H2,1H3,(H3,15,16,17). The first-order valence-corrected chi connectivity index (χ1v) is 7.18. The van der Waals surface area contributed by atoms with Crippen molar-refractivity contribution in [3.63, 3.8) is 0 Å². The number of nitrogens with one attached hydrogen (secondary N) is 1. The van der Waals surface area contributed by atoms with Crippen molar-refractivity contribution in [2.75, 3.05) is 31.3 Å². The van der Waals surface area contributed by atoms with Gasteiger partial charge >= 0.3 is 5.69 Å². The number of pyridine rings is 1. The van der Waals surface area contributed by atoms with Gasteiger partial charge in [-0.05, 0) is 12.8 Å². The highest BCUT2D eigenvalue weighted by molar-refractivity contribution is 6.30. The van der Waals surface area contributed by atoms with Crippen molar-refractivity contribution in [3.05, 3.63) is 21.3 Å². The molecular weight excluding hydrogens is 296 g/mol. The van der Waals surface area contributed by atoms with Crippen molar-refractivity contribution < 1.29 is 9.66 Å². The third-order valence-corrected chi connectivity index (χ3v) is 4.13. The van der Waals surface area contributed by atoms with Gasteiger partial charge in [0.1, 0.15) is 10.8 Å². The Morgan fingerprint density at radius 3 is 2.81 bits per heavy atom. The lowest BCUT2D eigenvalue weighted by molar-refractivity contribution is -0.383. The maximum atomic E-state index is 11.1. The Morgan fingerprint density at radius 1 is 1.57 bits per heavy atom. The van der Waals surface area contributed by atoms with Crippen molar-refractivity contribution >= 4 is 28.8 Å². The van der Waals surface area contributed by atoms with Gasteiger partial charge in [-0.15, -0.1) is 0 Å². The summed E-state index contributed by atoms with van der Waals surface area (Å²) >= 11 is 5.84. The number of aromatic nitrogens is 1. The Balaban J connectivity index is 2.21. The molecule has 1 aliphatic rings. The van der Waals surface area contributed by atoms with Crippen LogP contribution in [0.4, 0.5) is 17.2 Å². The van der Waals surface area contributed by atoms with Crippen LogP contribution in [0.1, 0.15) is 25.7 Å². The quantitative estimate of drug-likeness (QED) is 0.475. The van der Waals surface area contributed by atoms with E-state index in [9.17, 15) is 10.1 Å². The SMILES string of the molecule is COCC1(CNc2cc(Cl)nc(N)c2[N+](=O)[O-])CCCC1. The van der Waals surface area contributed by atoms with E-state index in [0.717, 1.165) is 25.7 Å². The summed E-state index contributed by atoms with van der Waals surface area (Å²) < 4.78 is 5.31. The van der Waals surface area contributed by atoms with Crippen molar-refractivity contribution in [2.24, 2.45) is 5.41 Å². The first kappa shape index (κ1) is 15.8. The average molecular weight is 315 g/mol. The van der Waals surface area contributed by atoms with Crippen molar-refractivity contribution in [2.45, 2.75) is 25.7 Å². The van der Waals surface area contributed by atoms with Gasteiger partial charge in [0.15, 0.2) is 0 Å². The van der Waals surface area contributed by atoms with Gasteiger partial charge in [0, 0.05) is 25.1 Å². The number of anilines is 2. The van der Waals surface area contributed by atoms with E-state index < -0.39 is 4.92 Å². The van der Waals surface area contributed by atoms with Crippen LogP contribution in [0.5, 0.6) is 0 Å². The van der Waals surface area contributed by atoms with Crippen LogP contribution in [0.15, 0.2) is 6.07 Å². The summed E-state index contributed by atoms with van der Waals surface area (Å²) in [5, 5.41) is 14.4. The molecule has 8 heteroatoms. The van der Waals surface area contributed by atoms with Crippen LogP contribution in [-0.4, -0.2) is 30.2 Å². The number of nitrogen functional groups attached to an aromatic ring is 1. The largest absolute Gasteiger partial charge is 0.384 e. The second-order valence-corrected chi connectivity index (χ2v) is 5.86. The maximum Gasteiger partial charge on any atom is 0.334 e. The van der Waals surface area contributed by atoms with Crippen LogP contribution in [0, 0.1) is 15.5 Å². The molecule has 2 rings (SSSR count). The molecule has 0 unspecified atom stereocenters. The molecule has 116 valence electrons. The highest BCUT2D eigenvalue weighted by atomic mass is 35.5. The van der Waals surface area contributed by atoms with Gasteiger partial charge in [-0.1, -0.05) is 24.4 Å². The molecule has 0 aliphatic heterocycles. The first-order valence-electron chi connectivity index (χ1n) is 6.81. The Labute approximate surface area is 128 Å². The number of hydrogen-bond donors (Lipinski definition) is 2. The molecule has 0 saturated heterocycles. The van der Waals surface area contributed by atoms with Crippen LogP contribution in [-0.2, 0) is 4.74 Å². The molecule has 0 bridgehead atoms. The normalized spacial score (nSPS) is 16.9. The molecule has 7 nitrogen and oxygen atoms in total. The number of nitrogens with two attached hydrogens (primary N) is 1. The molecule has 3 N–H and O–H groups in total. The molecular formula is C13H19ClN4O3. The third kappa shape index (κ3) is 3.54. The van der Waals surface area contributed by atoms with Gasteiger partial charge < -0.3 is 15.8 Å². The van der Waals surface area contributed by atoms with Crippen molar-refractivity contribution in [1.29, 1.82) is 0 Å². The first-order chi connectivity index (χ1) is 9.97. The summed E-state index contributed by atoms with van der Waals surface area (Å²) in [4.78, 5) is 14.3. The third-order valence-electron chi connectivity index (χ3n) is 3.94. The van der Waals surface area contributed by atoms with E-state index in [1.807, 2.05) is 0 Å². The summed E-state index contributed by atoms with van der Waals surface area (Å²) in [6.45, 7) is 1.21. The lowest BCUT2D eigenvalue weighted by Gasteiger charge is -2.28. The number of methoxy groups -OCH3 is 1. The minimum Gasteiger partial charge on any atom is -0.384 e. The zero-order valence-electron chi connectivity index (χ0n) is 11.9. The minimum atomic E-state index is -0.543. The van der Waals surface area contributed by atoms with E-state index in [0.29, 0.717) is 18.8 Å². The Bertz CT molecular complexity index is 532. The summed E-state index contributed by atoms with van der Waals surface area (Å²) in [7, 11) is 1.67. The van der Waals surface area contributed by atoms with Crippen LogP contribution >= 0.6 is 11.6 Å². The number of nitro groups is 1. The highest BCUT2D eigenvalue weighted by Crippen LogP contribution is 2.40. The number of rotatable bonds is 6. The molecule has 0 spiro atoms. The molecule has 21 heavy (non-hydrogen) atoms. The summed E-state index contributed by atoms with van der Waals surface area (Å²) in [5.74, 6) is -0.179. The van der Waals surface area contributed by atoms with Crippen molar-refractivity contribution in [1.82, 2.24) is 4.98 Å². The zero-order valence-corrected chi connectivity index (χ0v) is 12.7. The van der Waals surface area contributed by atoms with E-state index >= 15 is 0 Å². The summed E-state index contributed by atoms with van der Waals surface area (Å²) in [5.41, 5.74) is 5.68. The van der Waals surface area contributed by atoms with E-state index in [-0.39, 0.29) is 22.1 Å². The van der Waals surface area contributed by atoms with Gasteiger partial charge in [-0.2, -0.15) is 0 Å². The molecule has 0 radical (unpaired) electrons. The van der Waals surface area contributed by atoms with E-state index in [4.69, 9.17) is 22.1 Å². The number of halogens is 1. The molecule has 1 aromatic rings. The fraction of sp³-hybridized carbons (Fsp3) is 0.615. The molecule has 1 aromatic heterocycles. The fourth-order valence-corrected chi connectivity index (χ4v) is 3.14. The number of nitrogens with zero attached hydrogens (tertiary/aromatic N) is 2. The molecule has 1 fully saturated rings. The fourth-order valence-electron chi connectivity index (χ4n) is 2.94. The van der Waals surface area contributed by atoms with Gasteiger partial charge in [0.2, 0.25) is 5.82 Å². The maximum absolute atomic E-state index is 11.1. The second kappa shape index (κ2) is 6.44. The van der Waals surface area contributed by atoms with E-state index in [2.05, 4.69) is 10.3 Å². The van der Waals surface area contributed by atoms with E-state index in [1.165, 1.54) is 6.07 Å². The topological polar surface area (TPSA) is 103 Å². The smallest absolute Gasteiger partial charge is 0.334 e. The predicted molar refractivity (Wildman–Crippen MR) is 81.6 cm³/mol.